The van der Waals surface area contributed by atoms with Gasteiger partial charge in [0.25, 0.3) is 0 Å². The van der Waals surface area contributed by atoms with Crippen LogP contribution in [0.4, 0.5) is 0 Å². The summed E-state index contributed by atoms with van der Waals surface area (Å²) in [5.41, 5.74) is 1.33. The molecule has 4 heteroatoms. The standard InChI is InChI=1S/C15H26N4/c1-15(2)12-18(4)11-14(9-16-3)19(15)10-13-7-5-6-8-17-13/h5-8,14,16H,9-12H2,1-4H3. The zero-order chi connectivity index (χ0) is 13.9. The van der Waals surface area contributed by atoms with E-state index < -0.39 is 0 Å². The lowest BCUT2D eigenvalue weighted by Crippen LogP contribution is -2.64. The summed E-state index contributed by atoms with van der Waals surface area (Å²) < 4.78 is 0. The quantitative estimate of drug-likeness (QED) is 0.883. The first kappa shape index (κ1) is 14.4. The maximum absolute atomic E-state index is 4.48. The molecule has 2 heterocycles. The van der Waals surface area contributed by atoms with Crippen LogP contribution < -0.4 is 5.32 Å². The van der Waals surface area contributed by atoms with Crippen molar-refractivity contribution >= 4 is 0 Å². The number of likely N-dealkylation sites (N-methyl/N-ethyl adjacent to an activating group) is 2. The topological polar surface area (TPSA) is 31.4 Å². The third kappa shape index (κ3) is 3.53. The number of pyridine rings is 1. The van der Waals surface area contributed by atoms with E-state index in [-0.39, 0.29) is 5.54 Å². The van der Waals surface area contributed by atoms with Gasteiger partial charge in [-0.05, 0) is 40.1 Å². The Labute approximate surface area is 116 Å². The Morgan fingerprint density at radius 1 is 1.42 bits per heavy atom. The molecule has 2 rings (SSSR count). The molecule has 0 aliphatic carbocycles. The highest BCUT2D eigenvalue weighted by molar-refractivity contribution is 5.06. The fourth-order valence-electron chi connectivity index (χ4n) is 3.19. The van der Waals surface area contributed by atoms with Crippen molar-refractivity contribution in [3.63, 3.8) is 0 Å². The molecular formula is C15H26N4. The zero-order valence-electron chi connectivity index (χ0n) is 12.6. The van der Waals surface area contributed by atoms with E-state index in [9.17, 15) is 0 Å². The number of nitrogens with one attached hydrogen (secondary N) is 1. The fraction of sp³-hybridized carbons (Fsp3) is 0.667. The molecule has 1 saturated heterocycles. The summed E-state index contributed by atoms with van der Waals surface area (Å²) in [7, 11) is 4.24. The van der Waals surface area contributed by atoms with Gasteiger partial charge in [-0.2, -0.15) is 0 Å². The van der Waals surface area contributed by atoms with Crippen molar-refractivity contribution in [2.24, 2.45) is 0 Å². The first-order valence-corrected chi connectivity index (χ1v) is 7.03. The van der Waals surface area contributed by atoms with E-state index in [1.807, 2.05) is 19.3 Å². The van der Waals surface area contributed by atoms with Gasteiger partial charge in [0, 0.05) is 44.0 Å². The van der Waals surface area contributed by atoms with Gasteiger partial charge in [0.05, 0.1) is 5.69 Å². The van der Waals surface area contributed by atoms with Crippen LogP contribution in [0.3, 0.4) is 0 Å². The molecule has 1 aromatic rings. The van der Waals surface area contributed by atoms with Crippen LogP contribution in [-0.2, 0) is 6.54 Å². The largest absolute Gasteiger partial charge is 0.318 e. The van der Waals surface area contributed by atoms with Crippen molar-refractivity contribution < 1.29 is 0 Å². The Morgan fingerprint density at radius 3 is 2.84 bits per heavy atom. The number of nitrogens with zero attached hydrogens (tertiary/aromatic N) is 3. The Balaban J connectivity index is 2.17. The van der Waals surface area contributed by atoms with Gasteiger partial charge in [-0.25, -0.2) is 0 Å². The number of aromatic nitrogens is 1. The van der Waals surface area contributed by atoms with Gasteiger partial charge in [-0.3, -0.25) is 9.88 Å². The summed E-state index contributed by atoms with van der Waals surface area (Å²) >= 11 is 0. The predicted octanol–water partition coefficient (Wildman–Crippen LogP) is 1.20. The number of rotatable bonds is 4. The number of piperazine rings is 1. The van der Waals surface area contributed by atoms with Crippen molar-refractivity contribution in [2.45, 2.75) is 32.0 Å². The first-order valence-electron chi connectivity index (χ1n) is 7.03. The lowest BCUT2D eigenvalue weighted by molar-refractivity contribution is -0.0218. The molecule has 0 aromatic carbocycles. The summed E-state index contributed by atoms with van der Waals surface area (Å²) in [6.45, 7) is 8.80. The molecule has 1 atom stereocenters. The second-order valence-electron chi connectivity index (χ2n) is 6.17. The third-order valence-corrected chi connectivity index (χ3v) is 3.90. The van der Waals surface area contributed by atoms with E-state index in [0.29, 0.717) is 6.04 Å². The van der Waals surface area contributed by atoms with E-state index in [1.165, 1.54) is 0 Å². The molecule has 0 amide bonds. The van der Waals surface area contributed by atoms with Crippen LogP contribution in [0.2, 0.25) is 0 Å². The van der Waals surface area contributed by atoms with Crippen LogP contribution in [0.25, 0.3) is 0 Å². The fourth-order valence-corrected chi connectivity index (χ4v) is 3.19. The van der Waals surface area contributed by atoms with Gasteiger partial charge in [-0.15, -0.1) is 0 Å². The Bertz CT molecular complexity index is 390. The average molecular weight is 262 g/mol. The summed E-state index contributed by atoms with van der Waals surface area (Å²) in [5.74, 6) is 0. The van der Waals surface area contributed by atoms with Gasteiger partial charge < -0.3 is 10.2 Å². The van der Waals surface area contributed by atoms with Gasteiger partial charge in [0.15, 0.2) is 0 Å². The van der Waals surface area contributed by atoms with Crippen LogP contribution in [0.5, 0.6) is 0 Å². The van der Waals surface area contributed by atoms with Gasteiger partial charge in [0.1, 0.15) is 0 Å². The van der Waals surface area contributed by atoms with Crippen LogP contribution in [0, 0.1) is 0 Å². The highest BCUT2D eigenvalue weighted by atomic mass is 15.3. The third-order valence-electron chi connectivity index (χ3n) is 3.90. The number of hydrogen-bond donors (Lipinski definition) is 1. The SMILES string of the molecule is CNCC1CN(C)CC(C)(C)N1Cc1ccccn1. The smallest absolute Gasteiger partial charge is 0.0544 e. The maximum atomic E-state index is 4.48. The van der Waals surface area contributed by atoms with E-state index >= 15 is 0 Å². The van der Waals surface area contributed by atoms with E-state index in [4.69, 9.17) is 0 Å². The van der Waals surface area contributed by atoms with Gasteiger partial charge >= 0.3 is 0 Å². The van der Waals surface area contributed by atoms with Crippen molar-refractivity contribution in [3.8, 4) is 0 Å². The molecule has 0 bridgehead atoms. The average Bonchev–Trinajstić information content (AvgIpc) is 2.34. The second-order valence-corrected chi connectivity index (χ2v) is 6.17. The van der Waals surface area contributed by atoms with Crippen molar-refractivity contribution in [2.75, 3.05) is 33.7 Å². The summed E-state index contributed by atoms with van der Waals surface area (Å²) in [6.07, 6.45) is 1.88. The molecule has 0 saturated carbocycles. The number of hydrogen-bond acceptors (Lipinski definition) is 4. The van der Waals surface area contributed by atoms with Crippen LogP contribution in [0.1, 0.15) is 19.5 Å². The predicted molar refractivity (Wildman–Crippen MR) is 79.1 cm³/mol. The molecule has 0 spiro atoms. The molecule has 19 heavy (non-hydrogen) atoms. The molecule has 1 N–H and O–H groups in total. The first-order chi connectivity index (χ1) is 9.03. The van der Waals surface area contributed by atoms with Gasteiger partial charge in [-0.1, -0.05) is 6.07 Å². The van der Waals surface area contributed by atoms with E-state index in [2.05, 4.69) is 53.1 Å². The second kappa shape index (κ2) is 5.99. The van der Waals surface area contributed by atoms with Crippen LogP contribution in [0.15, 0.2) is 24.4 Å². The minimum absolute atomic E-state index is 0.173. The molecular weight excluding hydrogens is 236 g/mol. The lowest BCUT2D eigenvalue weighted by Gasteiger charge is -2.51. The Kier molecular flexibility index (Phi) is 4.55. The van der Waals surface area contributed by atoms with Crippen LogP contribution >= 0.6 is 0 Å². The molecule has 106 valence electrons. The molecule has 1 unspecified atom stereocenters. The molecule has 1 fully saturated rings. The highest BCUT2D eigenvalue weighted by Crippen LogP contribution is 2.26. The molecule has 4 nitrogen and oxygen atoms in total. The minimum Gasteiger partial charge on any atom is -0.318 e. The van der Waals surface area contributed by atoms with Crippen molar-refractivity contribution in [1.29, 1.82) is 0 Å². The Hall–Kier alpha value is -0.970. The highest BCUT2D eigenvalue weighted by Gasteiger charge is 2.38. The maximum Gasteiger partial charge on any atom is 0.0544 e. The normalized spacial score (nSPS) is 24.5. The minimum atomic E-state index is 0.173. The van der Waals surface area contributed by atoms with Crippen molar-refractivity contribution in [1.82, 2.24) is 20.1 Å². The molecule has 1 aliphatic heterocycles. The summed E-state index contributed by atoms with van der Waals surface area (Å²) in [5, 5.41) is 3.32. The zero-order valence-corrected chi connectivity index (χ0v) is 12.6. The van der Waals surface area contributed by atoms with E-state index in [0.717, 1.165) is 31.9 Å². The van der Waals surface area contributed by atoms with Crippen molar-refractivity contribution in [3.05, 3.63) is 30.1 Å². The van der Waals surface area contributed by atoms with Crippen LogP contribution in [-0.4, -0.2) is 60.1 Å². The van der Waals surface area contributed by atoms with Gasteiger partial charge in [0.2, 0.25) is 0 Å². The molecule has 0 radical (unpaired) electrons. The molecule has 1 aliphatic rings. The summed E-state index contributed by atoms with van der Waals surface area (Å²) in [4.78, 5) is 9.49. The van der Waals surface area contributed by atoms with E-state index in [1.54, 1.807) is 0 Å². The Morgan fingerprint density at radius 2 is 2.21 bits per heavy atom. The monoisotopic (exact) mass is 262 g/mol. The summed E-state index contributed by atoms with van der Waals surface area (Å²) in [6, 6.07) is 6.69. The molecule has 1 aromatic heterocycles. The lowest BCUT2D eigenvalue weighted by atomic mass is 9.94.